The zero-order chi connectivity index (χ0) is 10.1. The fraction of sp³-hybridized carbons (Fsp3) is 1.00. The van der Waals surface area contributed by atoms with Crippen molar-refractivity contribution >= 4 is 0 Å². The van der Waals surface area contributed by atoms with Gasteiger partial charge in [0.05, 0.1) is 0 Å². The van der Waals surface area contributed by atoms with Crippen LogP contribution in [0.25, 0.3) is 10.4 Å². The quantitative estimate of drug-likeness (QED) is 0.323. The molecular weight excluding hydrogens is 162 g/mol. The van der Waals surface area contributed by atoms with Gasteiger partial charge in [0.1, 0.15) is 0 Å². The molecule has 0 aliphatic carbocycles. The normalized spacial score (nSPS) is 14.7. The highest BCUT2D eigenvalue weighted by atomic mass is 15.1. The van der Waals surface area contributed by atoms with Gasteiger partial charge in [-0.1, -0.05) is 45.1 Å². The molecule has 13 heavy (non-hydrogen) atoms. The second kappa shape index (κ2) is 7.93. The molecule has 0 rings (SSSR count). The van der Waals surface area contributed by atoms with E-state index in [9.17, 15) is 0 Å². The minimum absolute atomic E-state index is 0.581. The molecule has 2 atom stereocenters. The van der Waals surface area contributed by atoms with Gasteiger partial charge in [-0.05, 0) is 23.8 Å². The van der Waals surface area contributed by atoms with Crippen LogP contribution in [0.2, 0.25) is 0 Å². The van der Waals surface area contributed by atoms with Crippen LogP contribution in [0.5, 0.6) is 0 Å². The number of hydrogen-bond acceptors (Lipinski definition) is 1. The van der Waals surface area contributed by atoms with E-state index in [4.69, 9.17) is 5.53 Å². The maximum absolute atomic E-state index is 8.21. The summed E-state index contributed by atoms with van der Waals surface area (Å²) in [5, 5.41) is 3.64. The Morgan fingerprint density at radius 2 is 2.08 bits per heavy atom. The summed E-state index contributed by atoms with van der Waals surface area (Å²) in [5.74, 6) is 1.35. The smallest absolute Gasteiger partial charge is 0.0286 e. The zero-order valence-electron chi connectivity index (χ0n) is 9.03. The maximum Gasteiger partial charge on any atom is 0.0286 e. The summed E-state index contributed by atoms with van der Waals surface area (Å²) >= 11 is 0. The van der Waals surface area contributed by atoms with Crippen LogP contribution < -0.4 is 0 Å². The first-order chi connectivity index (χ1) is 6.24. The number of rotatable bonds is 7. The maximum atomic E-state index is 8.21. The summed E-state index contributed by atoms with van der Waals surface area (Å²) in [6.07, 6.45) is 4.85. The van der Waals surface area contributed by atoms with Crippen molar-refractivity contribution in [3.05, 3.63) is 10.4 Å². The van der Waals surface area contributed by atoms with E-state index in [0.717, 1.165) is 12.3 Å². The summed E-state index contributed by atoms with van der Waals surface area (Å²) in [5.41, 5.74) is 8.21. The van der Waals surface area contributed by atoms with Crippen LogP contribution in [-0.2, 0) is 0 Å². The standard InChI is InChI=1S/C10H21N3/c1-4-6-9(3)7-10(5-2)8-12-13-11/h9-10H,4-8H2,1-3H3/t9-,10+/m0/s1. The molecule has 0 radical (unpaired) electrons. The van der Waals surface area contributed by atoms with Crippen LogP contribution in [0, 0.1) is 11.8 Å². The van der Waals surface area contributed by atoms with Crippen LogP contribution in [0.1, 0.15) is 46.5 Å². The van der Waals surface area contributed by atoms with E-state index >= 15 is 0 Å². The van der Waals surface area contributed by atoms with E-state index in [1.165, 1.54) is 19.3 Å². The third-order valence-corrected chi connectivity index (χ3v) is 2.50. The average Bonchev–Trinajstić information content (AvgIpc) is 2.12. The van der Waals surface area contributed by atoms with E-state index < -0.39 is 0 Å². The first-order valence-corrected chi connectivity index (χ1v) is 5.25. The second-order valence-corrected chi connectivity index (χ2v) is 3.82. The molecule has 3 nitrogen and oxygen atoms in total. The van der Waals surface area contributed by atoms with Crippen LogP contribution in [0.4, 0.5) is 0 Å². The van der Waals surface area contributed by atoms with E-state index in [0.29, 0.717) is 12.5 Å². The minimum atomic E-state index is 0.581. The van der Waals surface area contributed by atoms with Crippen molar-refractivity contribution in [2.45, 2.75) is 46.5 Å². The lowest BCUT2D eigenvalue weighted by atomic mass is 9.91. The largest absolute Gasteiger partial charge is 0.0937 e. The first-order valence-electron chi connectivity index (χ1n) is 5.25. The van der Waals surface area contributed by atoms with Gasteiger partial charge in [-0.15, -0.1) is 0 Å². The number of hydrogen-bond donors (Lipinski definition) is 0. The summed E-state index contributed by atoms with van der Waals surface area (Å²) in [7, 11) is 0. The van der Waals surface area contributed by atoms with Crippen molar-refractivity contribution in [2.75, 3.05) is 6.54 Å². The van der Waals surface area contributed by atoms with Crippen LogP contribution in [0.15, 0.2) is 5.11 Å². The third-order valence-electron chi connectivity index (χ3n) is 2.50. The fourth-order valence-corrected chi connectivity index (χ4v) is 1.70. The average molecular weight is 183 g/mol. The Balaban J connectivity index is 3.74. The van der Waals surface area contributed by atoms with Gasteiger partial charge in [0.2, 0.25) is 0 Å². The highest BCUT2D eigenvalue weighted by Gasteiger charge is 2.09. The van der Waals surface area contributed by atoms with Crippen molar-refractivity contribution < 1.29 is 0 Å². The lowest BCUT2D eigenvalue weighted by Crippen LogP contribution is -2.08. The van der Waals surface area contributed by atoms with Gasteiger partial charge >= 0.3 is 0 Å². The Labute approximate surface area is 81.2 Å². The lowest BCUT2D eigenvalue weighted by Gasteiger charge is -2.16. The molecule has 0 bridgehead atoms. The molecule has 0 amide bonds. The Bertz CT molecular complexity index is 162. The van der Waals surface area contributed by atoms with E-state index in [1.807, 2.05) is 0 Å². The molecule has 0 unspecified atom stereocenters. The van der Waals surface area contributed by atoms with Crippen LogP contribution in [0.3, 0.4) is 0 Å². The third kappa shape index (κ3) is 6.47. The molecule has 0 aromatic carbocycles. The molecule has 0 aliphatic heterocycles. The van der Waals surface area contributed by atoms with Crippen molar-refractivity contribution in [2.24, 2.45) is 17.0 Å². The molecule has 0 aromatic rings. The molecule has 76 valence electrons. The molecule has 3 heteroatoms. The van der Waals surface area contributed by atoms with Gasteiger partial charge in [-0.25, -0.2) is 0 Å². The molecule has 0 heterocycles. The predicted molar refractivity (Wildman–Crippen MR) is 56.5 cm³/mol. The van der Waals surface area contributed by atoms with Crippen LogP contribution >= 0.6 is 0 Å². The van der Waals surface area contributed by atoms with Crippen molar-refractivity contribution in [3.63, 3.8) is 0 Å². The highest BCUT2D eigenvalue weighted by molar-refractivity contribution is 4.65. The molecule has 0 fully saturated rings. The fourth-order valence-electron chi connectivity index (χ4n) is 1.70. The highest BCUT2D eigenvalue weighted by Crippen LogP contribution is 2.19. The summed E-state index contributed by atoms with van der Waals surface area (Å²) in [6.45, 7) is 7.32. The molecule has 0 aromatic heterocycles. The number of nitrogens with zero attached hydrogens (tertiary/aromatic N) is 3. The Kier molecular flexibility index (Phi) is 7.51. The van der Waals surface area contributed by atoms with E-state index in [1.54, 1.807) is 0 Å². The number of azide groups is 1. The molecule has 0 saturated carbocycles. The molecule has 0 aliphatic rings. The van der Waals surface area contributed by atoms with Gasteiger partial charge in [0, 0.05) is 11.5 Å². The summed E-state index contributed by atoms with van der Waals surface area (Å²) in [4.78, 5) is 2.80. The van der Waals surface area contributed by atoms with E-state index in [2.05, 4.69) is 30.8 Å². The van der Waals surface area contributed by atoms with Crippen molar-refractivity contribution in [1.82, 2.24) is 0 Å². The predicted octanol–water partition coefficient (Wildman–Crippen LogP) is 4.15. The molecule has 0 saturated heterocycles. The summed E-state index contributed by atoms with van der Waals surface area (Å²) in [6, 6.07) is 0. The molecule has 0 spiro atoms. The van der Waals surface area contributed by atoms with Gasteiger partial charge in [-0.2, -0.15) is 0 Å². The van der Waals surface area contributed by atoms with Crippen molar-refractivity contribution in [1.29, 1.82) is 0 Å². The SMILES string of the molecule is CCC[C@H](C)C[C@@H](CC)CN=[N+]=[N-]. The minimum Gasteiger partial charge on any atom is -0.0937 e. The molecule has 0 N–H and O–H groups in total. The Morgan fingerprint density at radius 1 is 1.38 bits per heavy atom. The van der Waals surface area contributed by atoms with Gasteiger partial charge < -0.3 is 0 Å². The molecular formula is C10H21N3. The second-order valence-electron chi connectivity index (χ2n) is 3.82. The topological polar surface area (TPSA) is 48.8 Å². The van der Waals surface area contributed by atoms with E-state index in [-0.39, 0.29) is 0 Å². The van der Waals surface area contributed by atoms with Gasteiger partial charge in [-0.3, -0.25) is 0 Å². The van der Waals surface area contributed by atoms with Crippen molar-refractivity contribution in [3.8, 4) is 0 Å². The Hall–Kier alpha value is -0.690. The lowest BCUT2D eigenvalue weighted by molar-refractivity contribution is 0.369. The van der Waals surface area contributed by atoms with Crippen LogP contribution in [-0.4, -0.2) is 6.54 Å². The van der Waals surface area contributed by atoms with Gasteiger partial charge in [0.15, 0.2) is 0 Å². The monoisotopic (exact) mass is 183 g/mol. The van der Waals surface area contributed by atoms with Gasteiger partial charge in [0.25, 0.3) is 0 Å². The first kappa shape index (κ1) is 12.3. The Morgan fingerprint density at radius 3 is 2.54 bits per heavy atom. The zero-order valence-corrected chi connectivity index (χ0v) is 9.03. The summed E-state index contributed by atoms with van der Waals surface area (Å²) < 4.78 is 0.